The monoisotopic (exact) mass is 338 g/mol. The number of H-pyrrole nitrogens is 1. The van der Waals surface area contributed by atoms with Gasteiger partial charge in [0.15, 0.2) is 10.8 Å². The zero-order chi connectivity index (χ0) is 16.4. The fraction of sp³-hybridized carbons (Fsp3) is 0.462. The number of aryl methyl sites for hydroxylation is 1. The Morgan fingerprint density at radius 2 is 2.22 bits per heavy atom. The Hall–Kier alpha value is -2.20. The molecule has 0 aliphatic carbocycles. The molecule has 1 fully saturated rings. The number of sulfonamides is 1. The number of aromatic nitrogens is 4. The molecule has 2 aromatic heterocycles. The molecule has 1 aliphatic heterocycles. The Morgan fingerprint density at radius 1 is 1.39 bits per heavy atom. The first-order valence-corrected chi connectivity index (χ1v) is 8.74. The zero-order valence-electron chi connectivity index (χ0n) is 12.6. The van der Waals surface area contributed by atoms with Crippen LogP contribution in [0, 0.1) is 0 Å². The molecule has 0 unspecified atom stereocenters. The summed E-state index contributed by atoms with van der Waals surface area (Å²) >= 11 is 0. The summed E-state index contributed by atoms with van der Waals surface area (Å²) in [5.74, 6) is 0.317. The van der Waals surface area contributed by atoms with Crippen molar-refractivity contribution in [1.29, 1.82) is 0 Å². The molecular weight excluding hydrogens is 320 g/mol. The van der Waals surface area contributed by atoms with Gasteiger partial charge in [-0.3, -0.25) is 9.48 Å². The predicted molar refractivity (Wildman–Crippen MR) is 83.6 cm³/mol. The highest BCUT2D eigenvalue weighted by Gasteiger charge is 2.28. The normalized spacial score (nSPS) is 19.0. The summed E-state index contributed by atoms with van der Waals surface area (Å²) in [7, 11) is -2.07. The molecular formula is C13H18N6O3S. The molecule has 9 nitrogen and oxygen atoms in total. The zero-order valence-corrected chi connectivity index (χ0v) is 13.5. The average molecular weight is 338 g/mol. The van der Waals surface area contributed by atoms with Crippen LogP contribution in [0.1, 0.15) is 12.8 Å². The quantitative estimate of drug-likeness (QED) is 0.773. The fourth-order valence-corrected chi connectivity index (χ4v) is 4.13. The molecule has 1 aliphatic rings. The topological polar surface area (TPSA) is 113 Å². The van der Waals surface area contributed by atoms with Crippen LogP contribution >= 0.6 is 0 Å². The van der Waals surface area contributed by atoms with E-state index in [0.717, 1.165) is 6.42 Å². The van der Waals surface area contributed by atoms with Gasteiger partial charge < -0.3 is 9.88 Å². The first kappa shape index (κ1) is 15.7. The van der Waals surface area contributed by atoms with Crippen molar-refractivity contribution in [2.45, 2.75) is 23.9 Å². The van der Waals surface area contributed by atoms with Crippen LogP contribution in [0.2, 0.25) is 0 Å². The molecule has 10 heteroatoms. The number of piperidine rings is 1. The van der Waals surface area contributed by atoms with Crippen molar-refractivity contribution in [1.82, 2.24) is 24.5 Å². The van der Waals surface area contributed by atoms with Gasteiger partial charge in [-0.1, -0.05) is 0 Å². The molecule has 0 saturated carbocycles. The molecule has 0 bridgehead atoms. The van der Waals surface area contributed by atoms with E-state index in [9.17, 15) is 13.2 Å². The molecule has 3 heterocycles. The highest BCUT2D eigenvalue weighted by molar-refractivity contribution is 7.89. The van der Waals surface area contributed by atoms with Gasteiger partial charge in [0, 0.05) is 38.6 Å². The van der Waals surface area contributed by atoms with Gasteiger partial charge in [-0.25, -0.2) is 18.1 Å². The number of aromatic amines is 1. The first-order valence-electron chi connectivity index (χ1n) is 7.26. The average Bonchev–Trinajstić information content (AvgIpc) is 2.95. The maximum Gasteiger partial charge on any atom is 0.290 e. The first-order chi connectivity index (χ1) is 11.0. The second kappa shape index (κ2) is 6.13. The van der Waals surface area contributed by atoms with Crippen LogP contribution in [0.5, 0.6) is 0 Å². The maximum absolute atomic E-state index is 12.4. The van der Waals surface area contributed by atoms with E-state index >= 15 is 0 Å². The van der Waals surface area contributed by atoms with E-state index in [-0.39, 0.29) is 16.6 Å². The SMILES string of the molecule is Cn1nccc1S(=O)(=O)N[C@H]1CCCN(c2ncc[nH]c2=O)C1. The molecule has 3 rings (SSSR count). The van der Waals surface area contributed by atoms with Crippen LogP contribution < -0.4 is 15.2 Å². The summed E-state index contributed by atoms with van der Waals surface area (Å²) in [4.78, 5) is 20.3. The summed E-state index contributed by atoms with van der Waals surface area (Å²) in [6, 6.07) is 1.16. The molecule has 1 atom stereocenters. The lowest BCUT2D eigenvalue weighted by Gasteiger charge is -2.33. The highest BCUT2D eigenvalue weighted by Crippen LogP contribution is 2.16. The van der Waals surface area contributed by atoms with Crippen LogP contribution in [0.4, 0.5) is 5.82 Å². The number of hydrogen-bond donors (Lipinski definition) is 2. The summed E-state index contributed by atoms with van der Waals surface area (Å²) in [6.07, 6.45) is 5.90. The van der Waals surface area contributed by atoms with Crippen molar-refractivity contribution in [2.24, 2.45) is 7.05 Å². The van der Waals surface area contributed by atoms with Gasteiger partial charge >= 0.3 is 0 Å². The van der Waals surface area contributed by atoms with E-state index in [0.29, 0.717) is 25.3 Å². The standard InChI is InChI=1S/C13H18N6O3S/c1-18-11(4-5-16-18)23(21,22)17-10-3-2-8-19(9-10)12-13(20)15-7-6-14-12/h4-7,10,17H,2-3,8-9H2,1H3,(H,15,20)/t10-/m0/s1. The Bertz CT molecular complexity index is 843. The van der Waals surface area contributed by atoms with Crippen molar-refractivity contribution < 1.29 is 8.42 Å². The maximum atomic E-state index is 12.4. The predicted octanol–water partition coefficient (Wildman–Crippen LogP) is -0.549. The third-order valence-electron chi connectivity index (χ3n) is 3.78. The van der Waals surface area contributed by atoms with Crippen molar-refractivity contribution in [3.05, 3.63) is 35.0 Å². The largest absolute Gasteiger partial charge is 0.350 e. The number of nitrogens with one attached hydrogen (secondary N) is 2. The molecule has 0 amide bonds. The molecule has 0 aromatic carbocycles. The van der Waals surface area contributed by atoms with Crippen LogP contribution in [-0.2, 0) is 17.1 Å². The minimum absolute atomic E-state index is 0.116. The van der Waals surface area contributed by atoms with E-state index in [2.05, 4.69) is 19.8 Å². The van der Waals surface area contributed by atoms with Gasteiger partial charge in [-0.2, -0.15) is 5.10 Å². The minimum atomic E-state index is -3.65. The minimum Gasteiger partial charge on any atom is -0.350 e. The van der Waals surface area contributed by atoms with Gasteiger partial charge in [0.25, 0.3) is 15.6 Å². The number of rotatable bonds is 4. The number of nitrogens with zero attached hydrogens (tertiary/aromatic N) is 4. The lowest BCUT2D eigenvalue weighted by molar-refractivity contribution is 0.460. The van der Waals surface area contributed by atoms with Crippen molar-refractivity contribution in [3.63, 3.8) is 0 Å². The second-order valence-electron chi connectivity index (χ2n) is 5.44. The molecule has 0 radical (unpaired) electrons. The van der Waals surface area contributed by atoms with Crippen molar-refractivity contribution in [3.8, 4) is 0 Å². The van der Waals surface area contributed by atoms with Gasteiger partial charge in [-0.05, 0) is 18.9 Å². The number of hydrogen-bond acceptors (Lipinski definition) is 6. The van der Waals surface area contributed by atoms with E-state index in [1.54, 1.807) is 11.9 Å². The highest BCUT2D eigenvalue weighted by atomic mass is 32.2. The van der Waals surface area contributed by atoms with Crippen LogP contribution in [0.3, 0.4) is 0 Å². The summed E-state index contributed by atoms with van der Waals surface area (Å²) in [5, 5.41) is 4.00. The third kappa shape index (κ3) is 3.27. The lowest BCUT2D eigenvalue weighted by atomic mass is 10.1. The Kier molecular flexibility index (Phi) is 4.18. The third-order valence-corrected chi connectivity index (χ3v) is 5.38. The molecule has 1 saturated heterocycles. The Morgan fingerprint density at radius 3 is 2.91 bits per heavy atom. The van der Waals surface area contributed by atoms with Crippen molar-refractivity contribution >= 4 is 15.8 Å². The van der Waals surface area contributed by atoms with E-state index < -0.39 is 10.0 Å². The molecule has 23 heavy (non-hydrogen) atoms. The Labute approximate surface area is 133 Å². The second-order valence-corrected chi connectivity index (χ2v) is 7.10. The van der Waals surface area contributed by atoms with Gasteiger partial charge in [0.2, 0.25) is 0 Å². The van der Waals surface area contributed by atoms with Crippen molar-refractivity contribution in [2.75, 3.05) is 18.0 Å². The summed E-state index contributed by atoms with van der Waals surface area (Å²) in [5.41, 5.74) is -0.275. The van der Waals surface area contributed by atoms with Crippen LogP contribution in [0.15, 0.2) is 34.5 Å². The summed E-state index contributed by atoms with van der Waals surface area (Å²) in [6.45, 7) is 1.07. The Balaban J connectivity index is 1.76. The van der Waals surface area contributed by atoms with E-state index in [1.807, 2.05) is 0 Å². The van der Waals surface area contributed by atoms with E-state index in [4.69, 9.17) is 0 Å². The molecule has 2 aromatic rings. The molecule has 124 valence electrons. The molecule has 2 N–H and O–H groups in total. The lowest BCUT2D eigenvalue weighted by Crippen LogP contribution is -2.49. The molecule has 0 spiro atoms. The van der Waals surface area contributed by atoms with E-state index in [1.165, 1.54) is 29.3 Å². The fourth-order valence-electron chi connectivity index (χ4n) is 2.74. The van der Waals surface area contributed by atoms with Crippen LogP contribution in [-0.4, -0.2) is 47.3 Å². The van der Waals surface area contributed by atoms with Crippen LogP contribution in [0.25, 0.3) is 0 Å². The van der Waals surface area contributed by atoms with Gasteiger partial charge in [-0.15, -0.1) is 0 Å². The van der Waals surface area contributed by atoms with Gasteiger partial charge in [0.1, 0.15) is 0 Å². The smallest absolute Gasteiger partial charge is 0.290 e. The van der Waals surface area contributed by atoms with Gasteiger partial charge in [0.05, 0.1) is 6.20 Å². The summed E-state index contributed by atoms with van der Waals surface area (Å²) < 4.78 is 28.8. The number of anilines is 1.